The fourth-order valence-corrected chi connectivity index (χ4v) is 3.65. The van der Waals surface area contributed by atoms with Crippen molar-refractivity contribution in [1.29, 1.82) is 0 Å². The number of halogens is 1. The first-order valence-corrected chi connectivity index (χ1v) is 10.2. The number of rotatable bonds is 5. The Morgan fingerprint density at radius 3 is 2.44 bits per heavy atom. The number of nitrogens with zero attached hydrogens (tertiary/aromatic N) is 1. The minimum absolute atomic E-state index is 0.0622. The third kappa shape index (κ3) is 4.83. The molecular weight excluding hydrogens is 409 g/mol. The van der Waals surface area contributed by atoms with Gasteiger partial charge in [0.05, 0.1) is 5.92 Å². The minimum atomic E-state index is -0.544. The molecule has 1 atom stereocenters. The molecule has 1 aliphatic rings. The van der Waals surface area contributed by atoms with Crippen LogP contribution in [0.25, 0.3) is 0 Å². The maximum atomic E-state index is 13.1. The number of carbonyl (C=O) groups is 3. The van der Waals surface area contributed by atoms with Crippen LogP contribution < -0.4 is 15.5 Å². The highest BCUT2D eigenvalue weighted by Crippen LogP contribution is 2.27. The molecule has 4 rings (SSSR count). The van der Waals surface area contributed by atoms with E-state index in [1.165, 1.54) is 29.2 Å². The van der Waals surface area contributed by atoms with E-state index in [4.69, 9.17) is 0 Å². The lowest BCUT2D eigenvalue weighted by Crippen LogP contribution is -2.28. The van der Waals surface area contributed by atoms with Gasteiger partial charge in [-0.25, -0.2) is 4.39 Å². The number of anilines is 3. The Bertz CT molecular complexity index is 1180. The number of hydrogen-bond acceptors (Lipinski definition) is 3. The number of carbonyl (C=O) groups excluding carboxylic acids is 3. The van der Waals surface area contributed by atoms with Crippen molar-refractivity contribution in [2.75, 3.05) is 22.1 Å². The molecule has 7 heteroatoms. The molecule has 32 heavy (non-hydrogen) atoms. The smallest absolute Gasteiger partial charge is 0.255 e. The summed E-state index contributed by atoms with van der Waals surface area (Å²) in [6.07, 6.45) is 0.0622. The number of amides is 3. The quantitative estimate of drug-likeness (QED) is 0.629. The van der Waals surface area contributed by atoms with Crippen molar-refractivity contribution < 1.29 is 18.8 Å². The van der Waals surface area contributed by atoms with Gasteiger partial charge in [0, 0.05) is 35.6 Å². The van der Waals surface area contributed by atoms with Gasteiger partial charge in [0.2, 0.25) is 11.8 Å². The average Bonchev–Trinajstić information content (AvgIpc) is 3.17. The van der Waals surface area contributed by atoms with Crippen LogP contribution in [0.15, 0.2) is 72.8 Å². The van der Waals surface area contributed by atoms with Crippen LogP contribution in [0.1, 0.15) is 22.3 Å². The molecule has 1 aliphatic heterocycles. The van der Waals surface area contributed by atoms with E-state index < -0.39 is 11.7 Å². The Morgan fingerprint density at radius 1 is 0.938 bits per heavy atom. The van der Waals surface area contributed by atoms with Gasteiger partial charge < -0.3 is 15.5 Å². The largest absolute Gasteiger partial charge is 0.326 e. The van der Waals surface area contributed by atoms with Gasteiger partial charge in [-0.3, -0.25) is 14.4 Å². The average molecular weight is 431 g/mol. The topological polar surface area (TPSA) is 78.5 Å². The van der Waals surface area contributed by atoms with Crippen molar-refractivity contribution in [2.45, 2.75) is 13.3 Å². The van der Waals surface area contributed by atoms with Crippen molar-refractivity contribution in [3.63, 3.8) is 0 Å². The van der Waals surface area contributed by atoms with Crippen LogP contribution in [-0.4, -0.2) is 24.3 Å². The minimum Gasteiger partial charge on any atom is -0.326 e. The van der Waals surface area contributed by atoms with Crippen LogP contribution in [0.3, 0.4) is 0 Å². The molecule has 3 aromatic carbocycles. The SMILES string of the molecule is Cc1cccc(NC(=O)c2cccc(N3CC(C(=O)Nc4ccc(F)cc4)CC3=O)c2)c1. The van der Waals surface area contributed by atoms with E-state index in [0.29, 0.717) is 22.6 Å². The van der Waals surface area contributed by atoms with Crippen molar-refractivity contribution in [2.24, 2.45) is 5.92 Å². The summed E-state index contributed by atoms with van der Waals surface area (Å²) in [5, 5.41) is 5.57. The summed E-state index contributed by atoms with van der Waals surface area (Å²) in [5.41, 5.74) is 3.16. The maximum absolute atomic E-state index is 13.1. The standard InChI is InChI=1S/C25H22FN3O3/c1-16-4-2-6-21(12-16)28-24(31)17-5-3-7-22(13-17)29-15-18(14-23(29)30)25(32)27-20-10-8-19(26)9-11-20/h2-13,18H,14-15H2,1H3,(H,27,32)(H,28,31). The summed E-state index contributed by atoms with van der Waals surface area (Å²) >= 11 is 0. The summed E-state index contributed by atoms with van der Waals surface area (Å²) in [4.78, 5) is 39.4. The summed E-state index contributed by atoms with van der Waals surface area (Å²) in [6, 6.07) is 19.7. The number of aryl methyl sites for hydroxylation is 1. The van der Waals surface area contributed by atoms with Crippen LogP contribution >= 0.6 is 0 Å². The zero-order valence-corrected chi connectivity index (χ0v) is 17.5. The first kappa shape index (κ1) is 21.2. The highest BCUT2D eigenvalue weighted by atomic mass is 19.1. The predicted octanol–water partition coefficient (Wildman–Crippen LogP) is 4.38. The Morgan fingerprint density at radius 2 is 1.69 bits per heavy atom. The monoisotopic (exact) mass is 431 g/mol. The van der Waals surface area contributed by atoms with Gasteiger partial charge in [-0.15, -0.1) is 0 Å². The molecule has 1 fully saturated rings. The Balaban J connectivity index is 1.44. The van der Waals surface area contributed by atoms with Crippen molar-refractivity contribution in [3.8, 4) is 0 Å². The van der Waals surface area contributed by atoms with Crippen molar-refractivity contribution >= 4 is 34.8 Å². The molecule has 0 spiro atoms. The molecule has 1 heterocycles. The molecule has 3 amide bonds. The summed E-state index contributed by atoms with van der Waals surface area (Å²) in [7, 11) is 0. The molecule has 6 nitrogen and oxygen atoms in total. The van der Waals surface area contributed by atoms with Gasteiger partial charge in [0.15, 0.2) is 0 Å². The van der Waals surface area contributed by atoms with Gasteiger partial charge in [-0.05, 0) is 67.1 Å². The molecule has 0 radical (unpaired) electrons. The highest BCUT2D eigenvalue weighted by molar-refractivity contribution is 6.07. The highest BCUT2D eigenvalue weighted by Gasteiger charge is 2.35. The van der Waals surface area contributed by atoms with E-state index in [9.17, 15) is 18.8 Å². The zero-order valence-electron chi connectivity index (χ0n) is 17.5. The molecule has 3 aromatic rings. The van der Waals surface area contributed by atoms with E-state index in [2.05, 4.69) is 10.6 Å². The summed E-state index contributed by atoms with van der Waals surface area (Å²) in [5.74, 6) is -1.72. The molecule has 0 aliphatic carbocycles. The van der Waals surface area contributed by atoms with Gasteiger partial charge in [0.1, 0.15) is 5.82 Å². The third-order valence-electron chi connectivity index (χ3n) is 5.30. The van der Waals surface area contributed by atoms with E-state index in [1.54, 1.807) is 24.3 Å². The first-order valence-electron chi connectivity index (χ1n) is 10.2. The second-order valence-electron chi connectivity index (χ2n) is 7.78. The van der Waals surface area contributed by atoms with Crippen molar-refractivity contribution in [1.82, 2.24) is 0 Å². The molecular formula is C25H22FN3O3. The molecule has 1 saturated heterocycles. The Kier molecular flexibility index (Phi) is 5.98. The van der Waals surface area contributed by atoms with Crippen LogP contribution in [0.2, 0.25) is 0 Å². The van der Waals surface area contributed by atoms with Crippen LogP contribution in [0, 0.1) is 18.7 Å². The Hall–Kier alpha value is -4.00. The predicted molar refractivity (Wildman–Crippen MR) is 121 cm³/mol. The van der Waals surface area contributed by atoms with E-state index in [-0.39, 0.29) is 30.7 Å². The fraction of sp³-hybridized carbons (Fsp3) is 0.160. The number of hydrogen-bond donors (Lipinski definition) is 2. The molecule has 2 N–H and O–H groups in total. The molecule has 1 unspecified atom stereocenters. The van der Waals surface area contributed by atoms with Crippen LogP contribution in [0.4, 0.5) is 21.5 Å². The van der Waals surface area contributed by atoms with Crippen molar-refractivity contribution in [3.05, 3.63) is 89.7 Å². The summed E-state index contributed by atoms with van der Waals surface area (Å²) in [6.45, 7) is 2.15. The molecule has 162 valence electrons. The number of benzene rings is 3. The fourth-order valence-electron chi connectivity index (χ4n) is 3.65. The lowest BCUT2D eigenvalue weighted by Gasteiger charge is -2.18. The van der Waals surface area contributed by atoms with Gasteiger partial charge >= 0.3 is 0 Å². The lowest BCUT2D eigenvalue weighted by atomic mass is 10.1. The maximum Gasteiger partial charge on any atom is 0.255 e. The number of nitrogens with one attached hydrogen (secondary N) is 2. The normalized spacial score (nSPS) is 15.5. The summed E-state index contributed by atoms with van der Waals surface area (Å²) < 4.78 is 13.1. The van der Waals surface area contributed by atoms with E-state index in [1.807, 2.05) is 31.2 Å². The third-order valence-corrected chi connectivity index (χ3v) is 5.30. The van der Waals surface area contributed by atoms with Crippen LogP contribution in [0.5, 0.6) is 0 Å². The zero-order chi connectivity index (χ0) is 22.7. The second kappa shape index (κ2) is 9.01. The second-order valence-corrected chi connectivity index (χ2v) is 7.78. The van der Waals surface area contributed by atoms with Gasteiger partial charge in [0.25, 0.3) is 5.91 Å². The Labute approximate surface area is 185 Å². The molecule has 0 saturated carbocycles. The molecule has 0 bridgehead atoms. The first-order chi connectivity index (χ1) is 15.4. The lowest BCUT2D eigenvalue weighted by molar-refractivity contribution is -0.122. The van der Waals surface area contributed by atoms with E-state index in [0.717, 1.165) is 5.56 Å². The van der Waals surface area contributed by atoms with E-state index >= 15 is 0 Å². The molecule has 0 aromatic heterocycles. The van der Waals surface area contributed by atoms with Gasteiger partial charge in [-0.2, -0.15) is 0 Å². The van der Waals surface area contributed by atoms with Crippen LogP contribution in [-0.2, 0) is 9.59 Å². The van der Waals surface area contributed by atoms with Gasteiger partial charge in [-0.1, -0.05) is 18.2 Å².